The zero-order valence-corrected chi connectivity index (χ0v) is 44.1. The number of anilines is 2. The van der Waals surface area contributed by atoms with E-state index < -0.39 is 30.2 Å². The van der Waals surface area contributed by atoms with Gasteiger partial charge in [-0.2, -0.15) is 21.6 Å². The molecular formula is C55H75N4O7S3+. The summed E-state index contributed by atoms with van der Waals surface area (Å²) in [5, 5.41) is 0. The number of nitrogens with zero attached hydrogens (tertiary/aromatic N) is 4. The van der Waals surface area contributed by atoms with E-state index in [9.17, 15) is 29.8 Å². The lowest BCUT2D eigenvalue weighted by atomic mass is 9.90. The largest absolute Gasteiger partial charge is 0.341 e. The van der Waals surface area contributed by atoms with Gasteiger partial charge in [-0.05, 0) is 116 Å². The van der Waals surface area contributed by atoms with Crippen LogP contribution in [0.3, 0.4) is 0 Å². The molecule has 374 valence electrons. The standard InChI is InChI=1S/C55H74N4O7S3/c1-7-13-39-56(40-14-8-2)67(60,61)51-35-31-49(32-36-51)58(43-17-11-5)47-27-23-45(24-28-47)55(53-21-19-20-22-54(53)69(64,65)66)46-25-29-48(30-26-46)59(44-18-12-6)50-33-37-52(38-34-50)68(62,63)57(41-15-9-3)42-16-10-4/h19-38H,7-18,39-44H2,1-6H3/p+1. The minimum absolute atomic E-state index is 0.210. The lowest BCUT2D eigenvalue weighted by Crippen LogP contribution is -2.33. The Kier molecular flexibility index (Phi) is 21.2. The van der Waals surface area contributed by atoms with Crippen molar-refractivity contribution in [1.82, 2.24) is 8.61 Å². The summed E-state index contributed by atoms with van der Waals surface area (Å²) < 4.78 is 96.8. The molecule has 4 aromatic carbocycles. The van der Waals surface area contributed by atoms with E-state index in [1.54, 1.807) is 51.1 Å². The van der Waals surface area contributed by atoms with E-state index in [-0.39, 0.29) is 14.7 Å². The van der Waals surface area contributed by atoms with Gasteiger partial charge < -0.3 is 4.90 Å². The minimum atomic E-state index is -4.62. The van der Waals surface area contributed by atoms with E-state index in [1.807, 2.05) is 72.8 Å². The van der Waals surface area contributed by atoms with Crippen molar-refractivity contribution < 1.29 is 34.4 Å². The third-order valence-corrected chi connectivity index (χ3v) is 17.2. The number of unbranched alkanes of at least 4 members (excludes halogenated alkanes) is 6. The molecule has 11 nitrogen and oxygen atoms in total. The van der Waals surface area contributed by atoms with Crippen LogP contribution in [0.15, 0.2) is 142 Å². The van der Waals surface area contributed by atoms with Gasteiger partial charge in [0, 0.05) is 80.4 Å². The second kappa shape index (κ2) is 26.5. The Labute approximate surface area is 414 Å². The average Bonchev–Trinajstić information content (AvgIpc) is 3.35. The summed E-state index contributed by atoms with van der Waals surface area (Å²) in [6.07, 6.45) is 18.4. The first kappa shape index (κ1) is 55.2. The number of benzene rings is 4. The number of sulfonamides is 2. The third-order valence-electron chi connectivity index (χ3n) is 12.5. The van der Waals surface area contributed by atoms with E-state index >= 15 is 0 Å². The molecule has 0 heterocycles. The van der Waals surface area contributed by atoms with Gasteiger partial charge >= 0.3 is 0 Å². The number of hydrogen-bond acceptors (Lipinski definition) is 7. The molecule has 69 heavy (non-hydrogen) atoms. The summed E-state index contributed by atoms with van der Waals surface area (Å²) in [5.74, 6) is 0. The van der Waals surface area contributed by atoms with Crippen molar-refractivity contribution in [2.24, 2.45) is 0 Å². The Hall–Kier alpha value is -4.70. The van der Waals surface area contributed by atoms with Crippen LogP contribution in [-0.4, -0.2) is 88.0 Å². The van der Waals surface area contributed by atoms with Crippen molar-refractivity contribution in [3.05, 3.63) is 138 Å². The first-order chi connectivity index (χ1) is 33.2. The molecule has 0 fully saturated rings. The van der Waals surface area contributed by atoms with Crippen LogP contribution >= 0.6 is 0 Å². The van der Waals surface area contributed by atoms with E-state index in [4.69, 9.17) is 0 Å². The zero-order chi connectivity index (χ0) is 50.0. The Morgan fingerprint density at radius 1 is 0.493 bits per heavy atom. The van der Waals surface area contributed by atoms with Crippen LogP contribution in [0, 0.1) is 0 Å². The summed E-state index contributed by atoms with van der Waals surface area (Å²) in [6, 6.07) is 28.6. The Morgan fingerprint density at radius 2 is 0.913 bits per heavy atom. The molecule has 0 spiro atoms. The highest BCUT2D eigenvalue weighted by Crippen LogP contribution is 2.36. The van der Waals surface area contributed by atoms with E-state index in [1.165, 1.54) is 6.07 Å². The quantitative estimate of drug-likeness (QED) is 0.0439. The number of allylic oxidation sites excluding steroid dienone is 5. The van der Waals surface area contributed by atoms with Crippen LogP contribution in [0.1, 0.15) is 130 Å². The molecule has 0 bridgehead atoms. The Balaban J connectivity index is 1.55. The molecule has 0 aromatic heterocycles. The van der Waals surface area contributed by atoms with Crippen molar-refractivity contribution in [2.75, 3.05) is 44.2 Å². The predicted molar refractivity (Wildman–Crippen MR) is 284 cm³/mol. The summed E-state index contributed by atoms with van der Waals surface area (Å²) in [5.41, 5.74) is 5.88. The van der Waals surface area contributed by atoms with Crippen molar-refractivity contribution in [1.29, 1.82) is 0 Å². The van der Waals surface area contributed by atoms with Crippen LogP contribution in [-0.2, 0) is 30.2 Å². The molecule has 1 aliphatic carbocycles. The van der Waals surface area contributed by atoms with Gasteiger partial charge in [-0.3, -0.25) is 4.55 Å². The van der Waals surface area contributed by atoms with Crippen molar-refractivity contribution in [3.63, 3.8) is 0 Å². The lowest BCUT2D eigenvalue weighted by molar-refractivity contribution is -0.439. The van der Waals surface area contributed by atoms with Crippen LogP contribution in [0.5, 0.6) is 0 Å². The fourth-order valence-corrected chi connectivity index (χ4v) is 12.1. The molecule has 0 saturated carbocycles. The van der Waals surface area contributed by atoms with Crippen LogP contribution in [0.25, 0.3) is 5.57 Å². The summed E-state index contributed by atoms with van der Waals surface area (Å²) in [7, 11) is -11.9. The van der Waals surface area contributed by atoms with Crippen molar-refractivity contribution >= 4 is 58.5 Å². The fraction of sp³-hybridized carbons (Fsp3) is 0.436. The highest BCUT2D eigenvalue weighted by molar-refractivity contribution is 7.89. The van der Waals surface area contributed by atoms with Gasteiger partial charge in [0.2, 0.25) is 31.4 Å². The van der Waals surface area contributed by atoms with E-state index in [0.29, 0.717) is 50.4 Å². The third kappa shape index (κ3) is 14.5. The van der Waals surface area contributed by atoms with Gasteiger partial charge in [0.15, 0.2) is 0 Å². The topological polar surface area (TPSA) is 135 Å². The predicted octanol–water partition coefficient (Wildman–Crippen LogP) is 12.6. The average molecular weight is 1000 g/mol. The molecule has 0 unspecified atom stereocenters. The molecule has 4 aromatic rings. The molecule has 0 amide bonds. The molecule has 14 heteroatoms. The molecule has 0 aliphatic heterocycles. The highest BCUT2D eigenvalue weighted by Gasteiger charge is 2.27. The first-order valence-electron chi connectivity index (χ1n) is 25.1. The zero-order valence-electron chi connectivity index (χ0n) is 41.7. The normalized spacial score (nSPS) is 13.2. The second-order valence-corrected chi connectivity index (χ2v) is 22.9. The molecule has 5 rings (SSSR count). The maximum Gasteiger partial charge on any atom is 0.295 e. The SMILES string of the molecule is CCCCN(c1ccc(C(=C2C=CC(=[N+](CCCC)c3ccc(S(=O)(=O)N(CCCC)CCCC)cc3)C=C2)c2ccccc2S(=O)(=O)O)cc1)c1ccc(S(=O)(=O)N(CCCC)CCCC)cc1. The van der Waals surface area contributed by atoms with Gasteiger partial charge in [0.05, 0.1) is 9.79 Å². The van der Waals surface area contributed by atoms with Crippen LogP contribution in [0.2, 0.25) is 0 Å². The van der Waals surface area contributed by atoms with E-state index in [0.717, 1.165) is 111 Å². The van der Waals surface area contributed by atoms with Crippen LogP contribution < -0.4 is 4.90 Å². The maximum atomic E-state index is 13.8. The molecule has 0 saturated heterocycles. The fourth-order valence-electron chi connectivity index (χ4n) is 8.38. The van der Waals surface area contributed by atoms with Crippen molar-refractivity contribution in [2.45, 2.75) is 133 Å². The van der Waals surface area contributed by atoms with Gasteiger partial charge in [-0.1, -0.05) is 110 Å². The monoisotopic (exact) mass is 999 g/mol. The van der Waals surface area contributed by atoms with Crippen LogP contribution in [0.4, 0.5) is 17.1 Å². The minimum Gasteiger partial charge on any atom is -0.341 e. The Bertz CT molecular complexity index is 2710. The second-order valence-electron chi connectivity index (χ2n) is 17.7. The van der Waals surface area contributed by atoms with Gasteiger partial charge in [0.25, 0.3) is 10.1 Å². The summed E-state index contributed by atoms with van der Waals surface area (Å²) in [6.45, 7) is 15.8. The number of hydrogen-bond donors (Lipinski definition) is 1. The molecule has 1 N–H and O–H groups in total. The molecule has 0 atom stereocenters. The van der Waals surface area contributed by atoms with Gasteiger partial charge in [-0.25, -0.2) is 16.8 Å². The van der Waals surface area contributed by atoms with E-state index in [2.05, 4.69) is 51.0 Å². The summed E-state index contributed by atoms with van der Waals surface area (Å²) >= 11 is 0. The molecule has 1 aliphatic rings. The van der Waals surface area contributed by atoms with Gasteiger partial charge in [-0.15, -0.1) is 0 Å². The maximum absolute atomic E-state index is 13.8. The summed E-state index contributed by atoms with van der Waals surface area (Å²) in [4.78, 5) is 2.50. The Morgan fingerprint density at radius 3 is 1.36 bits per heavy atom. The van der Waals surface area contributed by atoms with Gasteiger partial charge in [0.1, 0.15) is 11.4 Å². The highest BCUT2D eigenvalue weighted by atomic mass is 32.2. The smallest absolute Gasteiger partial charge is 0.295 e. The molecule has 0 radical (unpaired) electrons. The number of rotatable bonds is 28. The van der Waals surface area contributed by atoms with Crippen molar-refractivity contribution in [3.8, 4) is 0 Å². The first-order valence-corrected chi connectivity index (χ1v) is 29.4. The molecular weight excluding hydrogens is 925 g/mol. The lowest BCUT2D eigenvalue weighted by Gasteiger charge is -2.26.